The molecule has 0 amide bonds. The maximum Gasteiger partial charge on any atom is 0.239 e. The van der Waals surface area contributed by atoms with Crippen LogP contribution in [0.5, 0.6) is 23.0 Å². The van der Waals surface area contributed by atoms with Crippen LogP contribution in [-0.2, 0) is 9.47 Å². The molecule has 43 heavy (non-hydrogen) atoms. The molecule has 16 heteroatoms. The second-order valence-corrected chi connectivity index (χ2v) is 10.1. The summed E-state index contributed by atoms with van der Waals surface area (Å²) in [5.41, 5.74) is -1.12. The smallest absolute Gasteiger partial charge is 0.239 e. The molecule has 0 aliphatic carbocycles. The van der Waals surface area contributed by atoms with E-state index in [-0.39, 0.29) is 22.7 Å². The minimum atomic E-state index is -1.91. The molecule has 2 saturated heterocycles. The van der Waals surface area contributed by atoms with Gasteiger partial charge in [-0.15, -0.1) is 0 Å². The number of aliphatic hydroxyl groups is 8. The first-order chi connectivity index (χ1) is 20.4. The lowest BCUT2D eigenvalue weighted by Gasteiger charge is -2.39. The van der Waals surface area contributed by atoms with E-state index in [1.165, 1.54) is 24.3 Å². The van der Waals surface area contributed by atoms with Crippen LogP contribution in [0.15, 0.2) is 45.6 Å². The topological polar surface area (TPSA) is 269 Å². The number of ether oxygens (including phenoxy) is 4. The number of fused-ring (bicyclic) bond motifs is 1. The van der Waals surface area contributed by atoms with Crippen molar-refractivity contribution in [3.8, 4) is 34.3 Å². The molecule has 1 aromatic heterocycles. The van der Waals surface area contributed by atoms with Crippen molar-refractivity contribution in [1.82, 2.24) is 0 Å². The van der Waals surface area contributed by atoms with Crippen LogP contribution < -0.4 is 14.9 Å². The van der Waals surface area contributed by atoms with Gasteiger partial charge in [0.15, 0.2) is 5.76 Å². The van der Waals surface area contributed by atoms with Gasteiger partial charge in [-0.3, -0.25) is 4.79 Å². The fraction of sp³-hybridized carbons (Fsp3) is 0.444. The van der Waals surface area contributed by atoms with Crippen LogP contribution in [-0.4, -0.2) is 126 Å². The Kier molecular flexibility index (Phi) is 8.77. The molecule has 2 aliphatic rings. The third kappa shape index (κ3) is 5.73. The van der Waals surface area contributed by atoms with Crippen LogP contribution in [0.3, 0.4) is 0 Å². The zero-order valence-corrected chi connectivity index (χ0v) is 22.1. The first-order valence-corrected chi connectivity index (χ1v) is 13.0. The summed E-state index contributed by atoms with van der Waals surface area (Å²) in [7, 11) is 0. The molecule has 10 atom stereocenters. The summed E-state index contributed by atoms with van der Waals surface area (Å²) in [6.45, 7) is -1.54. The number of aliphatic hydroxyl groups excluding tert-OH is 8. The van der Waals surface area contributed by atoms with Crippen molar-refractivity contribution in [2.24, 2.45) is 0 Å². The van der Waals surface area contributed by atoms with Gasteiger partial charge >= 0.3 is 0 Å². The van der Waals surface area contributed by atoms with Gasteiger partial charge in [0, 0.05) is 17.7 Å². The maximum absolute atomic E-state index is 14.0. The molecular weight excluding hydrogens is 580 g/mol. The molecule has 0 saturated carbocycles. The second kappa shape index (κ2) is 12.2. The number of aromatic hydroxyl groups is 2. The van der Waals surface area contributed by atoms with E-state index < -0.39 is 103 Å². The lowest BCUT2D eigenvalue weighted by atomic mass is 9.99. The highest BCUT2D eigenvalue weighted by atomic mass is 16.7. The van der Waals surface area contributed by atoms with E-state index in [1.807, 2.05) is 0 Å². The largest absolute Gasteiger partial charge is 0.508 e. The molecule has 3 aromatic rings. The molecule has 2 fully saturated rings. The molecule has 16 nitrogen and oxygen atoms in total. The Morgan fingerprint density at radius 2 is 1.21 bits per heavy atom. The molecule has 0 radical (unpaired) electrons. The van der Waals surface area contributed by atoms with Crippen molar-refractivity contribution in [3.63, 3.8) is 0 Å². The minimum absolute atomic E-state index is 0.129. The van der Waals surface area contributed by atoms with Crippen molar-refractivity contribution in [2.45, 2.75) is 61.4 Å². The van der Waals surface area contributed by atoms with Crippen molar-refractivity contribution in [1.29, 1.82) is 0 Å². The van der Waals surface area contributed by atoms with Crippen LogP contribution >= 0.6 is 0 Å². The van der Waals surface area contributed by atoms with Crippen LogP contribution in [0.2, 0.25) is 0 Å². The molecule has 3 heterocycles. The molecule has 2 aliphatic heterocycles. The molecule has 0 bridgehead atoms. The quantitative estimate of drug-likeness (QED) is 0.130. The van der Waals surface area contributed by atoms with Crippen LogP contribution in [0.25, 0.3) is 22.3 Å². The van der Waals surface area contributed by atoms with Crippen molar-refractivity contribution < 1.29 is 74.4 Å². The zero-order valence-electron chi connectivity index (χ0n) is 22.1. The van der Waals surface area contributed by atoms with Crippen molar-refractivity contribution in [3.05, 3.63) is 46.6 Å². The summed E-state index contributed by atoms with van der Waals surface area (Å²) in [6.07, 6.45) is -17.2. The van der Waals surface area contributed by atoms with Gasteiger partial charge in [0.25, 0.3) is 0 Å². The van der Waals surface area contributed by atoms with Gasteiger partial charge in [0.1, 0.15) is 77.0 Å². The lowest BCUT2D eigenvalue weighted by Crippen LogP contribution is -2.60. The monoisotopic (exact) mass is 610 g/mol. The Hall–Kier alpha value is -3.55. The summed E-state index contributed by atoms with van der Waals surface area (Å²) < 4.78 is 28.0. The molecule has 10 N–H and O–H groups in total. The zero-order chi connectivity index (χ0) is 31.2. The Morgan fingerprint density at radius 1 is 0.674 bits per heavy atom. The van der Waals surface area contributed by atoms with Crippen LogP contribution in [0.4, 0.5) is 0 Å². The van der Waals surface area contributed by atoms with Gasteiger partial charge in [0.05, 0.1) is 13.2 Å². The van der Waals surface area contributed by atoms with Crippen molar-refractivity contribution in [2.75, 3.05) is 13.2 Å². The molecular formula is C27H30O16. The Morgan fingerprint density at radius 3 is 1.74 bits per heavy atom. The average molecular weight is 611 g/mol. The summed E-state index contributed by atoms with van der Waals surface area (Å²) in [5.74, 6) is -1.99. The normalized spacial score (nSPS) is 32.9. The predicted octanol–water partition coefficient (Wildman–Crippen LogP) is -2.77. The summed E-state index contributed by atoms with van der Waals surface area (Å²) in [5, 5.41) is 100. The highest BCUT2D eigenvalue weighted by molar-refractivity contribution is 5.88. The predicted molar refractivity (Wildman–Crippen MR) is 140 cm³/mol. The first-order valence-electron chi connectivity index (χ1n) is 13.0. The molecule has 2 unspecified atom stereocenters. The molecule has 2 aromatic carbocycles. The van der Waals surface area contributed by atoms with Crippen LogP contribution in [0.1, 0.15) is 0 Å². The van der Waals surface area contributed by atoms with E-state index in [2.05, 4.69) is 0 Å². The fourth-order valence-corrected chi connectivity index (χ4v) is 4.83. The number of benzene rings is 2. The second-order valence-electron chi connectivity index (χ2n) is 10.1. The van der Waals surface area contributed by atoms with E-state index >= 15 is 0 Å². The SMILES string of the molecule is O=c1c(OC2O[C@H](CO)[C@@H](O)[C@H](O)[C@H]2O)c(-c2ccc(O)cc2)oc2cc(O)cc(OC3O[C@H](CO)[C@@H](O)[C@H](O)[C@H]3O)c12. The lowest BCUT2D eigenvalue weighted by molar-refractivity contribution is -0.277. The molecule has 0 spiro atoms. The van der Waals surface area contributed by atoms with Crippen molar-refractivity contribution >= 4 is 11.0 Å². The number of hydrogen-bond acceptors (Lipinski definition) is 16. The molecule has 5 rings (SSSR count). The van der Waals surface area contributed by atoms with Crippen LogP contribution in [0, 0.1) is 0 Å². The van der Waals surface area contributed by atoms with Gasteiger partial charge in [0.2, 0.25) is 23.8 Å². The van der Waals surface area contributed by atoms with E-state index in [1.54, 1.807) is 0 Å². The third-order valence-corrected chi connectivity index (χ3v) is 7.21. The number of phenolic OH excluding ortho intramolecular Hbond substituents is 2. The highest BCUT2D eigenvalue weighted by Gasteiger charge is 2.46. The van der Waals surface area contributed by atoms with E-state index in [4.69, 9.17) is 23.4 Å². The van der Waals surface area contributed by atoms with Gasteiger partial charge in [-0.2, -0.15) is 0 Å². The molecule has 234 valence electrons. The highest BCUT2D eigenvalue weighted by Crippen LogP contribution is 2.39. The first kappa shape index (κ1) is 30.9. The van der Waals surface area contributed by atoms with Gasteiger partial charge in [-0.1, -0.05) is 0 Å². The Balaban J connectivity index is 1.64. The summed E-state index contributed by atoms with van der Waals surface area (Å²) >= 11 is 0. The fourth-order valence-electron chi connectivity index (χ4n) is 4.83. The third-order valence-electron chi connectivity index (χ3n) is 7.21. The van der Waals surface area contributed by atoms with E-state index in [9.17, 15) is 55.9 Å². The van der Waals surface area contributed by atoms with E-state index in [0.717, 1.165) is 12.1 Å². The van der Waals surface area contributed by atoms with E-state index in [0.29, 0.717) is 0 Å². The van der Waals surface area contributed by atoms with Gasteiger partial charge < -0.3 is 74.4 Å². The number of hydrogen-bond donors (Lipinski definition) is 10. The Bertz CT molecular complexity index is 1490. The minimum Gasteiger partial charge on any atom is -0.508 e. The number of rotatable bonds is 7. The standard InChI is InChI=1S/C27H30O16/c28-7-14-17(32)20(35)22(37)26(41-14)40-13-6-11(31)5-12-16(13)19(34)25(24(39-12)9-1-3-10(30)4-2-9)43-27-23(38)21(36)18(33)15(8-29)42-27/h1-6,14-15,17-18,20-23,26-33,35-38H,7-8H2/t14-,15-,17-,18-,20+,21+,22-,23-,26?,27?/m1/s1. The van der Waals surface area contributed by atoms with Gasteiger partial charge in [-0.05, 0) is 24.3 Å². The maximum atomic E-state index is 14.0. The Labute approximate surface area is 241 Å². The summed E-state index contributed by atoms with van der Waals surface area (Å²) in [6, 6.07) is 7.26. The summed E-state index contributed by atoms with van der Waals surface area (Å²) in [4.78, 5) is 14.0. The number of phenols is 2. The average Bonchev–Trinajstić information content (AvgIpc) is 2.98. The van der Waals surface area contributed by atoms with Gasteiger partial charge in [-0.25, -0.2) is 0 Å².